The van der Waals surface area contributed by atoms with Gasteiger partial charge in [0, 0.05) is 5.56 Å². The van der Waals surface area contributed by atoms with E-state index >= 15 is 0 Å². The highest BCUT2D eigenvalue weighted by molar-refractivity contribution is 5.74. The van der Waals surface area contributed by atoms with Crippen LogP contribution in [0.2, 0.25) is 0 Å². The zero-order valence-electron chi connectivity index (χ0n) is 12.0. The second-order valence-corrected chi connectivity index (χ2v) is 5.12. The predicted octanol–water partition coefficient (Wildman–Crippen LogP) is 3.88. The van der Waals surface area contributed by atoms with Crippen molar-refractivity contribution in [2.75, 3.05) is 5.73 Å². The van der Waals surface area contributed by atoms with Gasteiger partial charge in [0.1, 0.15) is 11.5 Å². The average Bonchev–Trinajstić information content (AvgIpc) is 2.81. The maximum absolute atomic E-state index is 13.2. The van der Waals surface area contributed by atoms with Gasteiger partial charge in [0.25, 0.3) is 0 Å². The first-order valence-electron chi connectivity index (χ1n) is 6.74. The van der Waals surface area contributed by atoms with Crippen molar-refractivity contribution in [3.05, 3.63) is 65.6 Å². The normalized spacial score (nSPS) is 10.8. The van der Waals surface area contributed by atoms with Crippen molar-refractivity contribution in [3.63, 3.8) is 0 Å². The van der Waals surface area contributed by atoms with E-state index < -0.39 is 0 Å². The molecule has 1 heterocycles. The molecule has 3 aromatic rings. The third kappa shape index (κ3) is 2.40. The van der Waals surface area contributed by atoms with E-state index in [1.807, 2.05) is 38.1 Å². The van der Waals surface area contributed by atoms with Gasteiger partial charge in [-0.15, -0.1) is 0 Å². The van der Waals surface area contributed by atoms with Crippen LogP contribution in [0.5, 0.6) is 0 Å². The third-order valence-electron chi connectivity index (χ3n) is 3.55. The molecule has 0 atom stereocenters. The molecule has 0 saturated heterocycles. The third-order valence-corrected chi connectivity index (χ3v) is 3.55. The number of hydrogen-bond acceptors (Lipinski definition) is 2. The van der Waals surface area contributed by atoms with Gasteiger partial charge < -0.3 is 5.73 Å². The number of nitrogen functional groups attached to an aromatic ring is 1. The highest BCUT2D eigenvalue weighted by atomic mass is 19.1. The average molecular weight is 281 g/mol. The fourth-order valence-corrected chi connectivity index (χ4v) is 2.43. The van der Waals surface area contributed by atoms with E-state index in [1.165, 1.54) is 12.1 Å². The molecule has 3 rings (SSSR count). The molecule has 106 valence electrons. The zero-order chi connectivity index (χ0) is 15.0. The van der Waals surface area contributed by atoms with Gasteiger partial charge in [-0.2, -0.15) is 5.10 Å². The van der Waals surface area contributed by atoms with E-state index in [-0.39, 0.29) is 5.82 Å². The molecule has 0 aliphatic rings. The summed E-state index contributed by atoms with van der Waals surface area (Å²) < 4.78 is 14.9. The Hall–Kier alpha value is -2.62. The van der Waals surface area contributed by atoms with Crippen LogP contribution in [0.1, 0.15) is 11.1 Å². The first-order valence-corrected chi connectivity index (χ1v) is 6.74. The van der Waals surface area contributed by atoms with Gasteiger partial charge >= 0.3 is 0 Å². The molecule has 0 fully saturated rings. The lowest BCUT2D eigenvalue weighted by molar-refractivity contribution is 0.625. The van der Waals surface area contributed by atoms with E-state index in [0.29, 0.717) is 5.69 Å². The number of benzene rings is 2. The fourth-order valence-electron chi connectivity index (χ4n) is 2.43. The van der Waals surface area contributed by atoms with Crippen LogP contribution >= 0.6 is 0 Å². The van der Waals surface area contributed by atoms with Gasteiger partial charge in [-0.3, -0.25) is 0 Å². The molecular weight excluding hydrogens is 265 g/mol. The number of hydrogen-bond donors (Lipinski definition) is 1. The smallest absolute Gasteiger partial charge is 0.123 e. The van der Waals surface area contributed by atoms with Crippen LogP contribution in [-0.2, 0) is 0 Å². The Balaban J connectivity index is 2.12. The minimum atomic E-state index is -0.254. The minimum Gasteiger partial charge on any atom is -0.396 e. The van der Waals surface area contributed by atoms with Crippen molar-refractivity contribution >= 4 is 5.69 Å². The first-order chi connectivity index (χ1) is 10.1. The van der Waals surface area contributed by atoms with E-state index in [2.05, 4.69) is 5.10 Å². The van der Waals surface area contributed by atoms with E-state index in [0.717, 1.165) is 28.1 Å². The van der Waals surface area contributed by atoms with E-state index in [9.17, 15) is 4.39 Å². The molecule has 0 spiro atoms. The lowest BCUT2D eigenvalue weighted by Crippen LogP contribution is -1.98. The van der Waals surface area contributed by atoms with Crippen LogP contribution in [0.4, 0.5) is 10.1 Å². The number of halogens is 1. The molecule has 0 bridgehead atoms. The second-order valence-electron chi connectivity index (χ2n) is 5.12. The molecule has 0 saturated carbocycles. The molecule has 0 aliphatic carbocycles. The number of nitrogens with zero attached hydrogens (tertiary/aromatic N) is 2. The van der Waals surface area contributed by atoms with Crippen LogP contribution in [-0.4, -0.2) is 9.78 Å². The van der Waals surface area contributed by atoms with Crippen LogP contribution in [0.3, 0.4) is 0 Å². The summed E-state index contributed by atoms with van der Waals surface area (Å²) in [5.41, 5.74) is 11.2. The highest BCUT2D eigenvalue weighted by Gasteiger charge is 2.12. The maximum atomic E-state index is 13.2. The number of anilines is 1. The van der Waals surface area contributed by atoms with Crippen LogP contribution in [0.15, 0.2) is 48.7 Å². The Kier molecular flexibility index (Phi) is 3.22. The fraction of sp³-hybridized carbons (Fsp3) is 0.118. The summed E-state index contributed by atoms with van der Waals surface area (Å²) in [5, 5.41) is 4.57. The first kappa shape index (κ1) is 13.4. The van der Waals surface area contributed by atoms with E-state index in [1.54, 1.807) is 16.9 Å². The quantitative estimate of drug-likeness (QED) is 0.774. The molecule has 0 aliphatic heterocycles. The standard InChI is InChI=1S/C17H16FN3/c1-11-5-3-4-6-14(11)17-15(19)10-21(20-17)16-8-7-13(18)9-12(16)2/h3-10H,19H2,1-2H3. The molecule has 1 aromatic heterocycles. The number of nitrogens with two attached hydrogens (primary N) is 1. The van der Waals surface area contributed by atoms with Crippen molar-refractivity contribution in [1.82, 2.24) is 9.78 Å². The summed E-state index contributed by atoms with van der Waals surface area (Å²) in [4.78, 5) is 0. The molecule has 0 amide bonds. The van der Waals surface area contributed by atoms with Crippen molar-refractivity contribution in [3.8, 4) is 16.9 Å². The lowest BCUT2D eigenvalue weighted by atomic mass is 10.1. The zero-order valence-corrected chi connectivity index (χ0v) is 12.0. The largest absolute Gasteiger partial charge is 0.396 e. The number of aromatic nitrogens is 2. The Morgan fingerprint density at radius 1 is 1.05 bits per heavy atom. The summed E-state index contributed by atoms with van der Waals surface area (Å²) in [5.74, 6) is -0.254. The molecule has 3 nitrogen and oxygen atoms in total. The summed E-state index contributed by atoms with van der Waals surface area (Å²) in [6.07, 6.45) is 1.77. The van der Waals surface area contributed by atoms with Crippen molar-refractivity contribution < 1.29 is 4.39 Å². The summed E-state index contributed by atoms with van der Waals surface area (Å²) in [6, 6.07) is 12.6. The number of rotatable bonds is 2. The number of aryl methyl sites for hydroxylation is 2. The SMILES string of the molecule is Cc1ccccc1-c1nn(-c2ccc(F)cc2C)cc1N. The monoisotopic (exact) mass is 281 g/mol. The molecule has 2 aromatic carbocycles. The minimum absolute atomic E-state index is 0.254. The molecular formula is C17H16FN3. The van der Waals surface area contributed by atoms with Gasteiger partial charge in [0.05, 0.1) is 17.6 Å². The maximum Gasteiger partial charge on any atom is 0.123 e. The summed E-state index contributed by atoms with van der Waals surface area (Å²) >= 11 is 0. The highest BCUT2D eigenvalue weighted by Crippen LogP contribution is 2.28. The van der Waals surface area contributed by atoms with Crippen molar-refractivity contribution in [2.45, 2.75) is 13.8 Å². The Morgan fingerprint density at radius 2 is 1.81 bits per heavy atom. The Morgan fingerprint density at radius 3 is 2.52 bits per heavy atom. The van der Waals surface area contributed by atoms with Crippen molar-refractivity contribution in [2.24, 2.45) is 0 Å². The topological polar surface area (TPSA) is 43.8 Å². The van der Waals surface area contributed by atoms with Crippen LogP contribution in [0.25, 0.3) is 16.9 Å². The van der Waals surface area contributed by atoms with Gasteiger partial charge in [0.15, 0.2) is 0 Å². The van der Waals surface area contributed by atoms with E-state index in [4.69, 9.17) is 5.73 Å². The molecule has 0 radical (unpaired) electrons. The Bertz CT molecular complexity index is 806. The Labute approximate surface area is 122 Å². The molecule has 2 N–H and O–H groups in total. The predicted molar refractivity (Wildman–Crippen MR) is 82.8 cm³/mol. The van der Waals surface area contributed by atoms with Gasteiger partial charge in [-0.1, -0.05) is 24.3 Å². The summed E-state index contributed by atoms with van der Waals surface area (Å²) in [6.45, 7) is 3.88. The van der Waals surface area contributed by atoms with Crippen molar-refractivity contribution in [1.29, 1.82) is 0 Å². The van der Waals surface area contributed by atoms with Gasteiger partial charge in [0.2, 0.25) is 0 Å². The van der Waals surface area contributed by atoms with Gasteiger partial charge in [-0.25, -0.2) is 9.07 Å². The van der Waals surface area contributed by atoms with Crippen LogP contribution in [0, 0.1) is 19.7 Å². The summed E-state index contributed by atoms with van der Waals surface area (Å²) in [7, 11) is 0. The second kappa shape index (κ2) is 5.05. The lowest BCUT2D eigenvalue weighted by Gasteiger charge is -2.06. The molecule has 4 heteroatoms. The van der Waals surface area contributed by atoms with Crippen LogP contribution < -0.4 is 5.73 Å². The molecule has 0 unspecified atom stereocenters. The molecule has 21 heavy (non-hydrogen) atoms. The van der Waals surface area contributed by atoms with Gasteiger partial charge in [-0.05, 0) is 43.2 Å².